The first-order valence-corrected chi connectivity index (χ1v) is 6.81. The quantitative estimate of drug-likeness (QED) is 0.775. The minimum absolute atomic E-state index is 0.0406. The van der Waals surface area contributed by atoms with Crippen LogP contribution in [0.15, 0.2) is 43.0 Å². The number of nitrogen functional groups attached to an aromatic ring is 1. The van der Waals surface area contributed by atoms with Crippen LogP contribution in [0.4, 0.5) is 5.82 Å². The van der Waals surface area contributed by atoms with Crippen LogP contribution in [0.2, 0.25) is 0 Å². The molecule has 0 unspecified atom stereocenters. The van der Waals surface area contributed by atoms with Gasteiger partial charge in [0.25, 0.3) is 0 Å². The number of ether oxygens (including phenoxy) is 1. The number of rotatable bonds is 5. The fraction of sp³-hybridized carbons (Fsp3) is 0.267. The molecule has 0 amide bonds. The van der Waals surface area contributed by atoms with E-state index in [2.05, 4.69) is 15.0 Å². The molecule has 0 aliphatic rings. The second-order valence-corrected chi connectivity index (χ2v) is 4.94. The van der Waals surface area contributed by atoms with Crippen molar-refractivity contribution >= 4 is 17.0 Å². The van der Waals surface area contributed by atoms with Crippen molar-refractivity contribution in [2.45, 2.75) is 26.2 Å². The fourth-order valence-corrected chi connectivity index (χ4v) is 2.17. The lowest BCUT2D eigenvalue weighted by atomic mass is 10.2. The Morgan fingerprint density at radius 2 is 2.00 bits per heavy atom. The molecular weight excluding hydrogens is 266 g/mol. The van der Waals surface area contributed by atoms with Crippen LogP contribution in [-0.4, -0.2) is 25.6 Å². The van der Waals surface area contributed by atoms with E-state index in [9.17, 15) is 0 Å². The number of nitrogens with zero attached hydrogens (tertiary/aromatic N) is 4. The van der Waals surface area contributed by atoms with Crippen LogP contribution in [0.5, 0.6) is 0 Å². The van der Waals surface area contributed by atoms with E-state index in [1.165, 1.54) is 6.33 Å². The van der Waals surface area contributed by atoms with Gasteiger partial charge in [0.15, 0.2) is 11.5 Å². The standard InChI is InChI=1S/C15H17N5O/c1-11(21-8-12-5-3-2-4-6-12)7-20-10-19-13-14(16)17-9-18-15(13)20/h2-6,9-11H,7-8H2,1H3,(H2,16,17,18)/t11-/m1/s1. The third-order valence-electron chi connectivity index (χ3n) is 3.26. The van der Waals surface area contributed by atoms with Crippen LogP contribution in [-0.2, 0) is 17.9 Å². The van der Waals surface area contributed by atoms with Crippen LogP contribution in [0.25, 0.3) is 11.2 Å². The third-order valence-corrected chi connectivity index (χ3v) is 3.26. The van der Waals surface area contributed by atoms with Gasteiger partial charge in [-0.15, -0.1) is 0 Å². The summed E-state index contributed by atoms with van der Waals surface area (Å²) >= 11 is 0. The van der Waals surface area contributed by atoms with Gasteiger partial charge in [0.1, 0.15) is 11.8 Å². The molecule has 6 heteroatoms. The molecule has 6 nitrogen and oxygen atoms in total. The topological polar surface area (TPSA) is 78.9 Å². The van der Waals surface area contributed by atoms with Crippen molar-refractivity contribution in [1.29, 1.82) is 0 Å². The van der Waals surface area contributed by atoms with E-state index in [0.29, 0.717) is 24.5 Å². The lowest BCUT2D eigenvalue weighted by Gasteiger charge is -2.14. The molecular formula is C15H17N5O. The second kappa shape index (κ2) is 5.88. The molecule has 3 aromatic rings. The van der Waals surface area contributed by atoms with E-state index in [1.807, 2.05) is 41.8 Å². The lowest BCUT2D eigenvalue weighted by Crippen LogP contribution is -2.16. The average Bonchev–Trinajstić information content (AvgIpc) is 2.91. The number of fused-ring (bicyclic) bond motifs is 1. The summed E-state index contributed by atoms with van der Waals surface area (Å²) in [6.07, 6.45) is 3.21. The van der Waals surface area contributed by atoms with E-state index in [0.717, 1.165) is 11.2 Å². The summed E-state index contributed by atoms with van der Waals surface area (Å²) in [4.78, 5) is 12.4. The maximum absolute atomic E-state index is 5.86. The molecule has 2 N–H and O–H groups in total. The molecule has 108 valence electrons. The summed E-state index contributed by atoms with van der Waals surface area (Å²) < 4.78 is 7.79. The number of benzene rings is 1. The lowest BCUT2D eigenvalue weighted by molar-refractivity contribution is 0.0425. The van der Waals surface area contributed by atoms with Crippen LogP contribution in [0.3, 0.4) is 0 Å². The minimum atomic E-state index is 0.0406. The molecule has 0 radical (unpaired) electrons. The highest BCUT2D eigenvalue weighted by Crippen LogP contribution is 2.15. The molecule has 0 bridgehead atoms. The van der Waals surface area contributed by atoms with Crippen molar-refractivity contribution in [3.8, 4) is 0 Å². The maximum Gasteiger partial charge on any atom is 0.165 e. The molecule has 0 fully saturated rings. The number of imidazole rings is 1. The van der Waals surface area contributed by atoms with Crippen molar-refractivity contribution in [2.75, 3.05) is 5.73 Å². The van der Waals surface area contributed by atoms with Gasteiger partial charge in [-0.3, -0.25) is 0 Å². The third kappa shape index (κ3) is 3.00. The molecule has 1 atom stereocenters. The number of nitrogens with two attached hydrogens (primary N) is 1. The maximum atomic E-state index is 5.86. The molecule has 0 aliphatic heterocycles. The van der Waals surface area contributed by atoms with Gasteiger partial charge in [-0.25, -0.2) is 15.0 Å². The normalized spacial score (nSPS) is 12.6. The molecule has 0 aliphatic carbocycles. The Balaban J connectivity index is 1.66. The zero-order valence-corrected chi connectivity index (χ0v) is 11.8. The molecule has 21 heavy (non-hydrogen) atoms. The number of hydrogen-bond donors (Lipinski definition) is 1. The molecule has 1 aromatic carbocycles. The summed E-state index contributed by atoms with van der Waals surface area (Å²) in [7, 11) is 0. The number of hydrogen-bond acceptors (Lipinski definition) is 5. The van der Waals surface area contributed by atoms with Gasteiger partial charge in [-0.2, -0.15) is 0 Å². The Morgan fingerprint density at radius 3 is 2.81 bits per heavy atom. The number of anilines is 1. The molecule has 0 saturated heterocycles. The molecule has 0 spiro atoms. The second-order valence-electron chi connectivity index (χ2n) is 4.94. The minimum Gasteiger partial charge on any atom is -0.382 e. The van der Waals surface area contributed by atoms with Crippen LogP contribution in [0, 0.1) is 0 Å². The summed E-state index contributed by atoms with van der Waals surface area (Å²) in [5.41, 5.74) is 8.30. The molecule has 3 rings (SSSR count). The Bertz CT molecular complexity index is 725. The van der Waals surface area contributed by atoms with Gasteiger partial charge >= 0.3 is 0 Å². The van der Waals surface area contributed by atoms with Gasteiger partial charge in [-0.1, -0.05) is 30.3 Å². The monoisotopic (exact) mass is 283 g/mol. The van der Waals surface area contributed by atoms with Crippen molar-refractivity contribution in [3.05, 3.63) is 48.5 Å². The predicted molar refractivity (Wildman–Crippen MR) is 80.4 cm³/mol. The van der Waals surface area contributed by atoms with Crippen molar-refractivity contribution in [2.24, 2.45) is 0 Å². The average molecular weight is 283 g/mol. The first-order valence-electron chi connectivity index (χ1n) is 6.81. The first kappa shape index (κ1) is 13.5. The van der Waals surface area contributed by atoms with Crippen molar-refractivity contribution < 1.29 is 4.74 Å². The van der Waals surface area contributed by atoms with E-state index in [4.69, 9.17) is 10.5 Å². The van der Waals surface area contributed by atoms with Crippen LogP contribution < -0.4 is 5.73 Å². The molecule has 2 aromatic heterocycles. The van der Waals surface area contributed by atoms with Gasteiger partial charge in [0, 0.05) is 0 Å². The van der Waals surface area contributed by atoms with Crippen molar-refractivity contribution in [3.63, 3.8) is 0 Å². The Hall–Kier alpha value is -2.47. The first-order chi connectivity index (χ1) is 10.2. The highest BCUT2D eigenvalue weighted by molar-refractivity contribution is 5.81. The van der Waals surface area contributed by atoms with E-state index < -0.39 is 0 Å². The fourth-order valence-electron chi connectivity index (χ4n) is 2.17. The number of aromatic nitrogens is 4. The van der Waals surface area contributed by atoms with Crippen LogP contribution >= 0.6 is 0 Å². The van der Waals surface area contributed by atoms with Crippen molar-refractivity contribution in [1.82, 2.24) is 19.5 Å². The highest BCUT2D eigenvalue weighted by atomic mass is 16.5. The molecule has 2 heterocycles. The molecule has 0 saturated carbocycles. The summed E-state index contributed by atoms with van der Waals surface area (Å²) in [6.45, 7) is 3.28. The Kier molecular flexibility index (Phi) is 3.79. The van der Waals surface area contributed by atoms with Crippen LogP contribution in [0.1, 0.15) is 12.5 Å². The smallest absolute Gasteiger partial charge is 0.165 e. The summed E-state index contributed by atoms with van der Waals surface area (Å²) in [6, 6.07) is 10.1. The van der Waals surface area contributed by atoms with Gasteiger partial charge in [0.2, 0.25) is 0 Å². The van der Waals surface area contributed by atoms with Gasteiger partial charge in [0.05, 0.1) is 25.6 Å². The zero-order chi connectivity index (χ0) is 14.7. The van der Waals surface area contributed by atoms with E-state index in [-0.39, 0.29) is 6.10 Å². The summed E-state index contributed by atoms with van der Waals surface area (Å²) in [5, 5.41) is 0. The SMILES string of the molecule is C[C@H](Cn1cnc2c(N)ncnc21)OCc1ccccc1. The Labute approximate surface area is 122 Å². The largest absolute Gasteiger partial charge is 0.382 e. The van der Waals surface area contributed by atoms with E-state index >= 15 is 0 Å². The summed E-state index contributed by atoms with van der Waals surface area (Å²) in [5.74, 6) is 0.400. The Morgan fingerprint density at radius 1 is 1.19 bits per heavy atom. The predicted octanol–water partition coefficient (Wildman–Crippen LogP) is 2.01. The zero-order valence-electron chi connectivity index (χ0n) is 11.8. The highest BCUT2D eigenvalue weighted by Gasteiger charge is 2.10. The van der Waals surface area contributed by atoms with Gasteiger partial charge in [-0.05, 0) is 12.5 Å². The van der Waals surface area contributed by atoms with Gasteiger partial charge < -0.3 is 15.0 Å². The van der Waals surface area contributed by atoms with E-state index in [1.54, 1.807) is 6.33 Å².